The molecule has 0 saturated carbocycles. The molecule has 198 valence electrons. The van der Waals surface area contributed by atoms with E-state index in [0.29, 0.717) is 35.0 Å². The van der Waals surface area contributed by atoms with E-state index in [1.165, 1.54) is 12.3 Å². The summed E-state index contributed by atoms with van der Waals surface area (Å²) in [5.41, 5.74) is 1.47. The topological polar surface area (TPSA) is 115 Å². The predicted molar refractivity (Wildman–Crippen MR) is 147 cm³/mol. The zero-order valence-electron chi connectivity index (χ0n) is 20.4. The number of halogens is 4. The standard InChI is InChI=1S/C24H23ClF3N9S/c1-12(2)18-10-21(37-36-18)33-20-8-13(3)30-22(34-20)31-15-5-7-19(29-11-15)35-23(38)32-14-4-6-17(25)16(9-14)24(26,27)28/h4-12H,1-3H3,(H2,29,32,35,38)(H3,30,31,33,34,36,37). The third kappa shape index (κ3) is 7.07. The lowest BCUT2D eigenvalue weighted by molar-refractivity contribution is -0.137. The highest BCUT2D eigenvalue weighted by molar-refractivity contribution is 7.80. The van der Waals surface area contributed by atoms with Gasteiger partial charge in [-0.2, -0.15) is 23.3 Å². The average Bonchev–Trinajstić information content (AvgIpc) is 3.29. The van der Waals surface area contributed by atoms with Gasteiger partial charge in [-0.05, 0) is 55.4 Å². The highest BCUT2D eigenvalue weighted by Crippen LogP contribution is 2.36. The summed E-state index contributed by atoms with van der Waals surface area (Å²) in [6.07, 6.45) is -3.04. The molecule has 0 fully saturated rings. The molecule has 9 nitrogen and oxygen atoms in total. The second-order valence-electron chi connectivity index (χ2n) is 8.53. The number of aryl methyl sites for hydroxylation is 1. The molecule has 3 aromatic heterocycles. The van der Waals surface area contributed by atoms with Crippen molar-refractivity contribution < 1.29 is 13.2 Å². The van der Waals surface area contributed by atoms with Crippen molar-refractivity contribution in [1.82, 2.24) is 25.1 Å². The first-order valence-corrected chi connectivity index (χ1v) is 12.1. The molecule has 0 atom stereocenters. The van der Waals surface area contributed by atoms with Gasteiger partial charge in [0.1, 0.15) is 17.5 Å². The zero-order chi connectivity index (χ0) is 27.4. The predicted octanol–water partition coefficient (Wildman–Crippen LogP) is 6.99. The van der Waals surface area contributed by atoms with Crippen LogP contribution in [-0.2, 0) is 6.18 Å². The minimum absolute atomic E-state index is 0.0609. The van der Waals surface area contributed by atoms with Gasteiger partial charge in [0.2, 0.25) is 5.95 Å². The first-order valence-electron chi connectivity index (χ1n) is 11.3. The van der Waals surface area contributed by atoms with Gasteiger partial charge < -0.3 is 21.3 Å². The third-order valence-electron chi connectivity index (χ3n) is 5.10. The van der Waals surface area contributed by atoms with Crippen LogP contribution in [0.2, 0.25) is 5.02 Å². The number of hydrogen-bond donors (Lipinski definition) is 5. The molecule has 0 aliphatic rings. The molecule has 0 amide bonds. The third-order valence-corrected chi connectivity index (χ3v) is 5.63. The van der Waals surface area contributed by atoms with Crippen LogP contribution in [0.5, 0.6) is 0 Å². The summed E-state index contributed by atoms with van der Waals surface area (Å²) in [7, 11) is 0. The Bertz CT molecular complexity index is 1440. The SMILES string of the molecule is Cc1cc(Nc2cc(C(C)C)n[nH]2)nc(Nc2ccc(NC(=S)Nc3ccc(Cl)c(C(F)(F)F)c3)nc2)n1. The monoisotopic (exact) mass is 561 g/mol. The van der Waals surface area contributed by atoms with Gasteiger partial charge in [0.15, 0.2) is 5.11 Å². The number of nitrogens with zero attached hydrogens (tertiary/aromatic N) is 4. The summed E-state index contributed by atoms with van der Waals surface area (Å²) in [4.78, 5) is 13.2. The average molecular weight is 562 g/mol. The Morgan fingerprint density at radius 2 is 1.74 bits per heavy atom. The molecule has 0 unspecified atom stereocenters. The summed E-state index contributed by atoms with van der Waals surface area (Å²) >= 11 is 10.9. The summed E-state index contributed by atoms with van der Waals surface area (Å²) < 4.78 is 39.3. The van der Waals surface area contributed by atoms with E-state index in [0.717, 1.165) is 23.5 Å². The Balaban J connectivity index is 1.38. The van der Waals surface area contributed by atoms with Crippen LogP contribution in [0.15, 0.2) is 48.7 Å². The Labute approximate surface area is 226 Å². The Morgan fingerprint density at radius 1 is 0.974 bits per heavy atom. The maximum absolute atomic E-state index is 13.1. The summed E-state index contributed by atoms with van der Waals surface area (Å²) in [6, 6.07) is 10.5. The molecule has 0 radical (unpaired) electrons. The van der Waals surface area contributed by atoms with Crippen LogP contribution in [0, 0.1) is 6.92 Å². The maximum Gasteiger partial charge on any atom is 0.417 e. The van der Waals surface area contributed by atoms with E-state index in [2.05, 4.69) is 60.3 Å². The van der Waals surface area contributed by atoms with E-state index in [-0.39, 0.29) is 10.8 Å². The molecule has 14 heteroatoms. The van der Waals surface area contributed by atoms with Crippen molar-refractivity contribution in [3.05, 3.63) is 70.6 Å². The molecule has 0 bridgehead atoms. The number of benzene rings is 1. The number of pyridine rings is 1. The van der Waals surface area contributed by atoms with Gasteiger partial charge >= 0.3 is 6.18 Å². The molecule has 0 aliphatic carbocycles. The summed E-state index contributed by atoms with van der Waals surface area (Å²) in [5.74, 6) is 2.33. The number of nitrogens with one attached hydrogen (secondary N) is 5. The fourth-order valence-electron chi connectivity index (χ4n) is 3.29. The highest BCUT2D eigenvalue weighted by atomic mass is 35.5. The Hall–Kier alpha value is -3.97. The fourth-order valence-corrected chi connectivity index (χ4v) is 3.74. The molecule has 0 aliphatic heterocycles. The summed E-state index contributed by atoms with van der Waals surface area (Å²) in [6.45, 7) is 5.97. The largest absolute Gasteiger partial charge is 0.417 e. The van der Waals surface area contributed by atoms with E-state index < -0.39 is 16.8 Å². The molecule has 4 rings (SSSR count). The van der Waals surface area contributed by atoms with E-state index in [9.17, 15) is 13.2 Å². The molecule has 0 spiro atoms. The van der Waals surface area contributed by atoms with Gasteiger partial charge in [0.25, 0.3) is 0 Å². The number of alkyl halides is 3. The van der Waals surface area contributed by atoms with Gasteiger partial charge in [0, 0.05) is 23.5 Å². The van der Waals surface area contributed by atoms with Crippen LogP contribution in [0.3, 0.4) is 0 Å². The lowest BCUT2D eigenvalue weighted by Crippen LogP contribution is -2.20. The molecule has 4 aromatic rings. The fraction of sp³-hybridized carbons (Fsp3) is 0.208. The van der Waals surface area contributed by atoms with E-state index in [1.807, 2.05) is 13.0 Å². The van der Waals surface area contributed by atoms with Crippen molar-refractivity contribution in [1.29, 1.82) is 0 Å². The van der Waals surface area contributed by atoms with Crippen molar-refractivity contribution in [2.45, 2.75) is 32.9 Å². The normalized spacial score (nSPS) is 11.4. The molecule has 5 N–H and O–H groups in total. The van der Waals surface area contributed by atoms with Gasteiger partial charge in [-0.3, -0.25) is 5.10 Å². The first kappa shape index (κ1) is 27.1. The highest BCUT2D eigenvalue weighted by Gasteiger charge is 2.33. The van der Waals surface area contributed by atoms with Gasteiger partial charge in [0.05, 0.1) is 28.2 Å². The number of H-pyrrole nitrogens is 1. The number of rotatable bonds is 7. The second kappa shape index (κ2) is 11.2. The lowest BCUT2D eigenvalue weighted by atomic mass is 10.1. The molecular weight excluding hydrogens is 539 g/mol. The van der Waals surface area contributed by atoms with E-state index in [1.54, 1.807) is 18.2 Å². The van der Waals surface area contributed by atoms with Crippen molar-refractivity contribution in [3.63, 3.8) is 0 Å². The second-order valence-corrected chi connectivity index (χ2v) is 9.35. The molecule has 38 heavy (non-hydrogen) atoms. The van der Waals surface area contributed by atoms with Crippen LogP contribution in [-0.4, -0.2) is 30.3 Å². The maximum atomic E-state index is 13.1. The minimum Gasteiger partial charge on any atom is -0.332 e. The van der Waals surface area contributed by atoms with Crippen molar-refractivity contribution in [2.24, 2.45) is 0 Å². The quantitative estimate of drug-likeness (QED) is 0.152. The number of aromatic nitrogens is 5. The molecule has 3 heterocycles. The first-order chi connectivity index (χ1) is 18.0. The Kier molecular flexibility index (Phi) is 7.97. The van der Waals surface area contributed by atoms with Crippen LogP contribution < -0.4 is 21.3 Å². The van der Waals surface area contributed by atoms with Crippen molar-refractivity contribution in [2.75, 3.05) is 21.3 Å². The van der Waals surface area contributed by atoms with E-state index >= 15 is 0 Å². The smallest absolute Gasteiger partial charge is 0.332 e. The van der Waals surface area contributed by atoms with Crippen molar-refractivity contribution >= 4 is 63.7 Å². The lowest BCUT2D eigenvalue weighted by Gasteiger charge is -2.14. The van der Waals surface area contributed by atoms with E-state index in [4.69, 9.17) is 23.8 Å². The van der Waals surface area contributed by atoms with Crippen LogP contribution in [0.4, 0.5) is 47.9 Å². The number of hydrogen-bond acceptors (Lipinski definition) is 7. The van der Waals surface area contributed by atoms with Crippen LogP contribution in [0.1, 0.15) is 36.7 Å². The Morgan fingerprint density at radius 3 is 2.39 bits per heavy atom. The summed E-state index contributed by atoms with van der Waals surface area (Å²) in [5, 5.41) is 18.7. The van der Waals surface area contributed by atoms with Gasteiger partial charge in [-0.25, -0.2) is 9.97 Å². The minimum atomic E-state index is -4.58. The van der Waals surface area contributed by atoms with Gasteiger partial charge in [-0.15, -0.1) is 0 Å². The number of anilines is 6. The number of thiocarbonyl (C=S) groups is 1. The van der Waals surface area contributed by atoms with Crippen LogP contribution in [0.25, 0.3) is 0 Å². The van der Waals surface area contributed by atoms with Gasteiger partial charge in [-0.1, -0.05) is 25.4 Å². The van der Waals surface area contributed by atoms with Crippen LogP contribution >= 0.6 is 23.8 Å². The molecular formula is C24H23ClF3N9S. The molecule has 0 saturated heterocycles. The number of aromatic amines is 1. The van der Waals surface area contributed by atoms with Crippen molar-refractivity contribution in [3.8, 4) is 0 Å². The molecule has 1 aromatic carbocycles. The zero-order valence-corrected chi connectivity index (χ0v) is 22.0.